The third-order valence-electron chi connectivity index (χ3n) is 4.28. The topological polar surface area (TPSA) is 64.6 Å². The summed E-state index contributed by atoms with van der Waals surface area (Å²) in [5.41, 5.74) is 1.34. The number of halogens is 2. The van der Waals surface area contributed by atoms with E-state index in [0.717, 1.165) is 17.7 Å². The van der Waals surface area contributed by atoms with Gasteiger partial charge in [-0.15, -0.1) is 0 Å². The van der Waals surface area contributed by atoms with E-state index in [1.54, 1.807) is 42.5 Å². The largest absolute Gasteiger partial charge is 0.495 e. The van der Waals surface area contributed by atoms with Gasteiger partial charge in [0.2, 0.25) is 6.10 Å². The van der Waals surface area contributed by atoms with Crippen LogP contribution in [0.2, 0.25) is 0 Å². The number of benzene rings is 3. The van der Waals surface area contributed by atoms with Gasteiger partial charge in [0, 0.05) is 11.6 Å². The van der Waals surface area contributed by atoms with Gasteiger partial charge in [-0.05, 0) is 36.8 Å². The van der Waals surface area contributed by atoms with Crippen LogP contribution in [0, 0.1) is 18.6 Å². The van der Waals surface area contributed by atoms with Crippen LogP contribution in [0.3, 0.4) is 0 Å². The van der Waals surface area contributed by atoms with Crippen molar-refractivity contribution in [1.29, 1.82) is 0 Å². The second-order valence-electron chi connectivity index (χ2n) is 6.55. The molecule has 0 aromatic heterocycles. The van der Waals surface area contributed by atoms with E-state index in [0.29, 0.717) is 23.1 Å². The minimum absolute atomic E-state index is 0.339. The predicted octanol–water partition coefficient (Wildman–Crippen LogP) is 4.82. The molecule has 1 atom stereocenters. The van der Waals surface area contributed by atoms with Gasteiger partial charge in [0.25, 0.3) is 5.91 Å². The Hall–Kier alpha value is -3.74. The average molecular weight is 411 g/mol. The summed E-state index contributed by atoms with van der Waals surface area (Å²) in [6, 6.07) is 15.9. The lowest BCUT2D eigenvalue weighted by atomic mass is 10.1. The minimum Gasteiger partial charge on any atom is -0.495 e. The summed E-state index contributed by atoms with van der Waals surface area (Å²) < 4.78 is 37.6. The van der Waals surface area contributed by atoms with Crippen LogP contribution in [-0.4, -0.2) is 19.0 Å². The highest BCUT2D eigenvalue weighted by Crippen LogP contribution is 2.28. The molecule has 0 spiro atoms. The lowest BCUT2D eigenvalue weighted by Gasteiger charge is -2.19. The number of rotatable bonds is 6. The van der Waals surface area contributed by atoms with Crippen LogP contribution < -0.4 is 10.1 Å². The Morgan fingerprint density at radius 1 is 0.933 bits per heavy atom. The molecule has 30 heavy (non-hydrogen) atoms. The van der Waals surface area contributed by atoms with Gasteiger partial charge in [0.05, 0.1) is 18.4 Å². The summed E-state index contributed by atoms with van der Waals surface area (Å²) in [5, 5.41) is 2.69. The molecule has 0 aliphatic heterocycles. The van der Waals surface area contributed by atoms with Crippen LogP contribution in [0.15, 0.2) is 66.7 Å². The van der Waals surface area contributed by atoms with Gasteiger partial charge in [0.1, 0.15) is 17.4 Å². The number of carbonyl (C=O) groups is 2. The van der Waals surface area contributed by atoms with Gasteiger partial charge < -0.3 is 14.8 Å². The summed E-state index contributed by atoms with van der Waals surface area (Å²) in [6.45, 7) is 1.85. The van der Waals surface area contributed by atoms with Crippen molar-refractivity contribution < 1.29 is 27.8 Å². The first kappa shape index (κ1) is 21.0. The molecule has 5 nitrogen and oxygen atoms in total. The fraction of sp³-hybridized carbons (Fsp3) is 0.130. The van der Waals surface area contributed by atoms with E-state index in [1.165, 1.54) is 7.11 Å². The number of aryl methyl sites for hydroxylation is 1. The van der Waals surface area contributed by atoms with Crippen molar-refractivity contribution in [3.8, 4) is 5.75 Å². The number of anilines is 1. The Morgan fingerprint density at radius 2 is 1.60 bits per heavy atom. The molecule has 1 amide bonds. The van der Waals surface area contributed by atoms with E-state index in [4.69, 9.17) is 9.47 Å². The SMILES string of the molecule is COc1ccc(C)cc1NC(=O)[C@@H](OC(=O)c1cc(F)cc(F)c1)c1ccccc1. The van der Waals surface area contributed by atoms with Crippen molar-refractivity contribution in [2.75, 3.05) is 12.4 Å². The van der Waals surface area contributed by atoms with Gasteiger partial charge in [-0.1, -0.05) is 36.4 Å². The van der Waals surface area contributed by atoms with Crippen LogP contribution in [0.5, 0.6) is 5.75 Å². The smallest absolute Gasteiger partial charge is 0.339 e. The van der Waals surface area contributed by atoms with E-state index >= 15 is 0 Å². The molecule has 3 aromatic carbocycles. The average Bonchev–Trinajstić information content (AvgIpc) is 2.72. The van der Waals surface area contributed by atoms with Crippen molar-refractivity contribution in [3.63, 3.8) is 0 Å². The highest BCUT2D eigenvalue weighted by Gasteiger charge is 2.27. The fourth-order valence-corrected chi connectivity index (χ4v) is 2.87. The van der Waals surface area contributed by atoms with Crippen LogP contribution in [-0.2, 0) is 9.53 Å². The highest BCUT2D eigenvalue weighted by atomic mass is 19.1. The second kappa shape index (κ2) is 9.17. The molecule has 0 bridgehead atoms. The molecule has 0 heterocycles. The normalized spacial score (nSPS) is 11.5. The highest BCUT2D eigenvalue weighted by molar-refractivity contribution is 5.99. The molecule has 0 fully saturated rings. The maximum absolute atomic E-state index is 13.5. The van der Waals surface area contributed by atoms with E-state index in [-0.39, 0.29) is 5.56 Å². The Morgan fingerprint density at radius 3 is 2.23 bits per heavy atom. The summed E-state index contributed by atoms with van der Waals surface area (Å²) in [4.78, 5) is 25.5. The van der Waals surface area contributed by atoms with Gasteiger partial charge in [-0.25, -0.2) is 13.6 Å². The number of carbonyl (C=O) groups excluding carboxylic acids is 2. The molecule has 0 saturated carbocycles. The Bertz CT molecular complexity index is 1050. The maximum Gasteiger partial charge on any atom is 0.339 e. The van der Waals surface area contributed by atoms with Gasteiger partial charge in [-0.2, -0.15) is 0 Å². The summed E-state index contributed by atoms with van der Waals surface area (Å²) in [7, 11) is 1.47. The predicted molar refractivity (Wildman–Crippen MR) is 107 cm³/mol. The molecule has 0 saturated heterocycles. The van der Waals surface area contributed by atoms with Crippen molar-refractivity contribution in [2.24, 2.45) is 0 Å². The van der Waals surface area contributed by atoms with Crippen LogP contribution in [0.4, 0.5) is 14.5 Å². The monoisotopic (exact) mass is 411 g/mol. The summed E-state index contributed by atoms with van der Waals surface area (Å²) >= 11 is 0. The molecule has 154 valence electrons. The van der Waals surface area contributed by atoms with Crippen molar-refractivity contribution in [3.05, 3.63) is 95.1 Å². The van der Waals surface area contributed by atoms with Crippen LogP contribution >= 0.6 is 0 Å². The van der Waals surface area contributed by atoms with Crippen LogP contribution in [0.1, 0.15) is 27.6 Å². The second-order valence-corrected chi connectivity index (χ2v) is 6.55. The number of amides is 1. The lowest BCUT2D eigenvalue weighted by molar-refractivity contribution is -0.125. The molecular formula is C23H19F2NO4. The van der Waals surface area contributed by atoms with Gasteiger partial charge in [-0.3, -0.25) is 4.79 Å². The maximum atomic E-state index is 13.5. The van der Waals surface area contributed by atoms with Gasteiger partial charge >= 0.3 is 5.97 Å². The number of methoxy groups -OCH3 is 1. The van der Waals surface area contributed by atoms with Crippen molar-refractivity contribution in [2.45, 2.75) is 13.0 Å². The molecule has 0 radical (unpaired) electrons. The molecule has 0 aliphatic rings. The molecular weight excluding hydrogens is 392 g/mol. The zero-order chi connectivity index (χ0) is 21.7. The standard InChI is InChI=1S/C23H19F2NO4/c1-14-8-9-20(29-2)19(10-14)26-22(27)21(15-6-4-3-5-7-15)30-23(28)16-11-17(24)13-18(25)12-16/h3-13,21H,1-2H3,(H,26,27)/t21-/m0/s1. The molecule has 0 aliphatic carbocycles. The first-order valence-electron chi connectivity index (χ1n) is 9.05. The van der Waals surface area contributed by atoms with Crippen molar-refractivity contribution >= 4 is 17.6 Å². The fourth-order valence-electron chi connectivity index (χ4n) is 2.87. The molecule has 3 rings (SSSR count). The number of esters is 1. The first-order chi connectivity index (χ1) is 14.4. The number of ether oxygens (including phenoxy) is 2. The Labute approximate surface area is 172 Å². The van der Waals surface area contributed by atoms with E-state index in [9.17, 15) is 18.4 Å². The van der Waals surface area contributed by atoms with E-state index in [2.05, 4.69) is 5.32 Å². The van der Waals surface area contributed by atoms with E-state index in [1.807, 2.05) is 13.0 Å². The Balaban J connectivity index is 1.90. The third kappa shape index (κ3) is 5.00. The van der Waals surface area contributed by atoms with Crippen LogP contribution in [0.25, 0.3) is 0 Å². The van der Waals surface area contributed by atoms with E-state index < -0.39 is 29.6 Å². The minimum atomic E-state index is -1.35. The molecule has 0 unspecified atom stereocenters. The summed E-state index contributed by atoms with van der Waals surface area (Å²) in [6.07, 6.45) is -1.35. The number of nitrogens with one attached hydrogen (secondary N) is 1. The quantitative estimate of drug-likeness (QED) is 0.591. The zero-order valence-electron chi connectivity index (χ0n) is 16.3. The Kier molecular flexibility index (Phi) is 6.41. The third-order valence-corrected chi connectivity index (χ3v) is 4.28. The number of hydrogen-bond acceptors (Lipinski definition) is 4. The molecule has 1 N–H and O–H groups in total. The van der Waals surface area contributed by atoms with Crippen molar-refractivity contribution in [1.82, 2.24) is 0 Å². The zero-order valence-corrected chi connectivity index (χ0v) is 16.3. The molecule has 7 heteroatoms. The van der Waals surface area contributed by atoms with Gasteiger partial charge in [0.15, 0.2) is 0 Å². The molecule has 3 aromatic rings. The lowest BCUT2D eigenvalue weighted by Crippen LogP contribution is -2.26. The first-order valence-corrected chi connectivity index (χ1v) is 9.05. The number of hydrogen-bond donors (Lipinski definition) is 1. The summed E-state index contributed by atoms with van der Waals surface area (Å²) in [5.74, 6) is -3.09.